The Hall–Kier alpha value is -2.72. The fourth-order valence-corrected chi connectivity index (χ4v) is 1.71. The summed E-state index contributed by atoms with van der Waals surface area (Å²) in [6.45, 7) is 1.47. The second-order valence-electron chi connectivity index (χ2n) is 4.18. The molecule has 2 rings (SSSR count). The zero-order chi connectivity index (χ0) is 14.9. The minimum absolute atomic E-state index is 0.240. The monoisotopic (exact) mass is 284 g/mol. The molecule has 1 amide bonds. The summed E-state index contributed by atoms with van der Waals surface area (Å²) in [6, 6.07) is 3.49. The van der Waals surface area contributed by atoms with Crippen LogP contribution in [0.15, 0.2) is 30.7 Å². The molecule has 0 bridgehead atoms. The highest BCUT2D eigenvalue weighted by molar-refractivity contribution is 5.94. The largest absolute Gasteiger partial charge is 0.351 e. The minimum Gasteiger partial charge on any atom is -0.351 e. The maximum Gasteiger partial charge on any atom is 0.271 e. The Morgan fingerprint density at radius 1 is 1.43 bits per heavy atom. The number of aryl methyl sites for hydroxylation is 1. The van der Waals surface area contributed by atoms with Gasteiger partial charge in [0.1, 0.15) is 5.69 Å². The Labute approximate surface area is 122 Å². The Kier molecular flexibility index (Phi) is 5.43. The smallest absolute Gasteiger partial charge is 0.271 e. The van der Waals surface area contributed by atoms with Crippen LogP contribution in [0.25, 0.3) is 0 Å². The maximum absolute atomic E-state index is 12.1. The average molecular weight is 284 g/mol. The van der Waals surface area contributed by atoms with Gasteiger partial charge in [0.25, 0.3) is 5.91 Å². The van der Waals surface area contributed by atoms with Crippen LogP contribution in [0.1, 0.15) is 22.5 Å². The molecule has 0 aliphatic carbocycles. The number of nitrogens with two attached hydrogens (primary N) is 1. The van der Waals surface area contributed by atoms with Crippen molar-refractivity contribution in [3.63, 3.8) is 0 Å². The van der Waals surface area contributed by atoms with Crippen molar-refractivity contribution in [2.45, 2.75) is 13.0 Å². The van der Waals surface area contributed by atoms with Gasteiger partial charge in [-0.05, 0) is 18.6 Å². The molecule has 21 heavy (non-hydrogen) atoms. The van der Waals surface area contributed by atoms with E-state index < -0.39 is 0 Å². The Morgan fingerprint density at radius 3 is 3.10 bits per heavy atom. The van der Waals surface area contributed by atoms with Gasteiger partial charge in [-0.15, -0.1) is 5.10 Å². The minimum atomic E-state index is -0.240. The first-order valence-corrected chi connectivity index (χ1v) is 6.57. The highest BCUT2D eigenvalue weighted by Gasteiger charge is 2.10. The van der Waals surface area contributed by atoms with E-state index in [1.54, 1.807) is 35.4 Å². The highest BCUT2D eigenvalue weighted by atomic mass is 16.1. The predicted molar refractivity (Wildman–Crippen MR) is 77.1 cm³/mol. The van der Waals surface area contributed by atoms with Gasteiger partial charge in [-0.2, -0.15) is 0 Å². The van der Waals surface area contributed by atoms with E-state index in [1.807, 2.05) is 0 Å². The molecule has 2 heterocycles. The molecule has 0 radical (unpaired) electrons. The highest BCUT2D eigenvalue weighted by Crippen LogP contribution is 2.03. The first-order valence-electron chi connectivity index (χ1n) is 6.57. The van der Waals surface area contributed by atoms with Crippen LogP contribution >= 0.6 is 0 Å². The van der Waals surface area contributed by atoms with Crippen molar-refractivity contribution >= 4 is 5.91 Å². The standard InChI is InChI=1S/C14H16N6O/c15-6-1-4-12-5-2-7-16-13(12)14(21)17-8-3-10-20-11-9-18-19-20/h2,5,7,9,11H,3,6,8,10,15H2,(H,17,21). The van der Waals surface area contributed by atoms with E-state index in [9.17, 15) is 4.79 Å². The SMILES string of the molecule is NCC#Cc1cccnc1C(=O)NCCCn1ccnn1. The van der Waals surface area contributed by atoms with Crippen molar-refractivity contribution in [2.75, 3.05) is 13.1 Å². The predicted octanol–water partition coefficient (Wildman–Crippen LogP) is -0.197. The van der Waals surface area contributed by atoms with Crippen LogP contribution in [0.2, 0.25) is 0 Å². The molecule has 0 aromatic carbocycles. The van der Waals surface area contributed by atoms with Crippen LogP contribution in [0.4, 0.5) is 0 Å². The number of hydrogen-bond acceptors (Lipinski definition) is 5. The van der Waals surface area contributed by atoms with Gasteiger partial charge in [0, 0.05) is 25.5 Å². The van der Waals surface area contributed by atoms with Crippen LogP contribution in [0.3, 0.4) is 0 Å². The molecule has 0 saturated heterocycles. The van der Waals surface area contributed by atoms with Crippen molar-refractivity contribution in [3.8, 4) is 11.8 Å². The lowest BCUT2D eigenvalue weighted by molar-refractivity contribution is 0.0947. The lowest BCUT2D eigenvalue weighted by Gasteiger charge is -2.06. The zero-order valence-electron chi connectivity index (χ0n) is 11.5. The normalized spacial score (nSPS) is 9.76. The molecule has 0 saturated carbocycles. The van der Waals surface area contributed by atoms with Crippen molar-refractivity contribution in [1.29, 1.82) is 0 Å². The van der Waals surface area contributed by atoms with E-state index in [-0.39, 0.29) is 12.5 Å². The van der Waals surface area contributed by atoms with Crippen LogP contribution in [-0.2, 0) is 6.54 Å². The topological polar surface area (TPSA) is 98.7 Å². The van der Waals surface area contributed by atoms with Crippen LogP contribution in [0, 0.1) is 11.8 Å². The van der Waals surface area contributed by atoms with Crippen molar-refractivity contribution in [1.82, 2.24) is 25.3 Å². The summed E-state index contributed by atoms with van der Waals surface area (Å²) in [4.78, 5) is 16.2. The number of amides is 1. The quantitative estimate of drug-likeness (QED) is 0.585. The van der Waals surface area contributed by atoms with E-state index >= 15 is 0 Å². The molecule has 2 aromatic rings. The summed E-state index contributed by atoms with van der Waals surface area (Å²) < 4.78 is 1.71. The van der Waals surface area contributed by atoms with Crippen LogP contribution < -0.4 is 11.1 Å². The third-order valence-corrected chi connectivity index (χ3v) is 2.67. The Bertz CT molecular complexity index is 641. The van der Waals surface area contributed by atoms with Gasteiger partial charge in [-0.25, -0.2) is 4.98 Å². The number of rotatable bonds is 5. The lowest BCUT2D eigenvalue weighted by atomic mass is 10.2. The van der Waals surface area contributed by atoms with Gasteiger partial charge in [-0.1, -0.05) is 17.1 Å². The summed E-state index contributed by atoms with van der Waals surface area (Å²) in [5.41, 5.74) is 6.24. The second kappa shape index (κ2) is 7.77. The van der Waals surface area contributed by atoms with Crippen molar-refractivity contribution < 1.29 is 4.79 Å². The maximum atomic E-state index is 12.1. The van der Waals surface area contributed by atoms with Gasteiger partial charge in [-0.3, -0.25) is 9.48 Å². The molecular formula is C14H16N6O. The zero-order valence-corrected chi connectivity index (χ0v) is 11.5. The molecule has 0 aliphatic rings. The molecule has 0 unspecified atom stereocenters. The van der Waals surface area contributed by atoms with Gasteiger partial charge >= 0.3 is 0 Å². The number of nitrogens with zero attached hydrogens (tertiary/aromatic N) is 4. The number of hydrogen-bond donors (Lipinski definition) is 2. The lowest BCUT2D eigenvalue weighted by Crippen LogP contribution is -2.27. The molecule has 0 fully saturated rings. The summed E-state index contributed by atoms with van der Waals surface area (Å²) >= 11 is 0. The van der Waals surface area contributed by atoms with E-state index in [0.717, 1.165) is 6.42 Å². The molecule has 0 spiro atoms. The second-order valence-corrected chi connectivity index (χ2v) is 4.18. The van der Waals surface area contributed by atoms with Crippen LogP contribution in [-0.4, -0.2) is 39.0 Å². The number of nitrogens with one attached hydrogen (secondary N) is 1. The van der Waals surface area contributed by atoms with E-state index in [1.165, 1.54) is 0 Å². The third-order valence-electron chi connectivity index (χ3n) is 2.67. The molecule has 7 heteroatoms. The van der Waals surface area contributed by atoms with Gasteiger partial charge in [0.05, 0.1) is 18.3 Å². The molecule has 7 nitrogen and oxygen atoms in total. The molecule has 2 aromatic heterocycles. The number of pyridine rings is 1. The van der Waals surface area contributed by atoms with Crippen molar-refractivity contribution in [2.24, 2.45) is 5.73 Å². The first kappa shape index (κ1) is 14.7. The van der Waals surface area contributed by atoms with E-state index in [0.29, 0.717) is 24.3 Å². The summed E-state index contributed by atoms with van der Waals surface area (Å²) in [5, 5.41) is 10.4. The Morgan fingerprint density at radius 2 is 2.33 bits per heavy atom. The van der Waals surface area contributed by atoms with E-state index in [4.69, 9.17) is 5.73 Å². The fraction of sp³-hybridized carbons (Fsp3) is 0.286. The number of carbonyl (C=O) groups is 1. The molecule has 0 atom stereocenters. The average Bonchev–Trinajstić information content (AvgIpc) is 3.03. The van der Waals surface area contributed by atoms with Gasteiger partial charge < -0.3 is 11.1 Å². The molecule has 0 aliphatic heterocycles. The Balaban J connectivity index is 1.88. The molecular weight excluding hydrogens is 268 g/mol. The van der Waals surface area contributed by atoms with Gasteiger partial charge in [0.15, 0.2) is 0 Å². The number of carbonyl (C=O) groups excluding carboxylic acids is 1. The summed E-state index contributed by atoms with van der Waals surface area (Å²) in [6.07, 6.45) is 5.72. The van der Waals surface area contributed by atoms with Crippen LogP contribution in [0.5, 0.6) is 0 Å². The summed E-state index contributed by atoms with van der Waals surface area (Å²) in [7, 11) is 0. The number of aromatic nitrogens is 4. The molecule has 108 valence electrons. The first-order chi connectivity index (χ1) is 10.3. The molecule has 3 N–H and O–H groups in total. The fourth-order valence-electron chi connectivity index (χ4n) is 1.71. The summed E-state index contributed by atoms with van der Waals surface area (Å²) in [5.74, 6) is 5.33. The third kappa shape index (κ3) is 4.40. The van der Waals surface area contributed by atoms with Gasteiger partial charge in [0.2, 0.25) is 0 Å². The van der Waals surface area contributed by atoms with Crippen molar-refractivity contribution in [3.05, 3.63) is 42.0 Å². The van der Waals surface area contributed by atoms with E-state index in [2.05, 4.69) is 32.5 Å².